The molecule has 18 heavy (non-hydrogen) atoms. The molecule has 1 fully saturated rings. The molecule has 1 aliphatic rings. The van der Waals surface area contributed by atoms with Gasteiger partial charge in [-0.1, -0.05) is 6.07 Å². The maximum Gasteiger partial charge on any atom is 0.179 e. The zero-order chi connectivity index (χ0) is 13.0. The third kappa shape index (κ3) is 2.57. The van der Waals surface area contributed by atoms with Gasteiger partial charge in [-0.3, -0.25) is 0 Å². The molecule has 96 valence electrons. The van der Waals surface area contributed by atoms with Crippen LogP contribution in [0.15, 0.2) is 18.2 Å². The molecule has 0 saturated carbocycles. The molecule has 0 radical (unpaired) electrons. The summed E-state index contributed by atoms with van der Waals surface area (Å²) in [7, 11) is 1.59. The standard InChI is InChI=1S/C14H18N2O2/c1-14(6-8-16-9-7-14)18-13-11(10-15)4-3-5-12(13)17-2/h3-5,16H,6-9H2,1-2H3. The van der Waals surface area contributed by atoms with E-state index in [0.29, 0.717) is 17.1 Å². The first-order valence-electron chi connectivity index (χ1n) is 6.15. The number of hydrogen-bond acceptors (Lipinski definition) is 4. The van der Waals surface area contributed by atoms with Gasteiger partial charge in [0.25, 0.3) is 0 Å². The zero-order valence-corrected chi connectivity index (χ0v) is 10.8. The van der Waals surface area contributed by atoms with Crippen LogP contribution in [-0.4, -0.2) is 25.8 Å². The monoisotopic (exact) mass is 246 g/mol. The fourth-order valence-electron chi connectivity index (χ4n) is 2.17. The normalized spacial score (nSPS) is 17.8. The Kier molecular flexibility index (Phi) is 3.73. The largest absolute Gasteiger partial charge is 0.493 e. The smallest absolute Gasteiger partial charge is 0.179 e. The van der Waals surface area contributed by atoms with Crippen molar-refractivity contribution in [2.24, 2.45) is 0 Å². The van der Waals surface area contributed by atoms with E-state index in [1.54, 1.807) is 19.2 Å². The number of ether oxygens (including phenoxy) is 2. The van der Waals surface area contributed by atoms with Gasteiger partial charge in [-0.15, -0.1) is 0 Å². The molecule has 0 aliphatic carbocycles. The molecule has 0 amide bonds. The average Bonchev–Trinajstić information content (AvgIpc) is 2.39. The van der Waals surface area contributed by atoms with Gasteiger partial charge in [-0.25, -0.2) is 0 Å². The van der Waals surface area contributed by atoms with Crippen LogP contribution < -0.4 is 14.8 Å². The van der Waals surface area contributed by atoms with Gasteiger partial charge in [0.2, 0.25) is 0 Å². The number of piperidine rings is 1. The van der Waals surface area contributed by atoms with Crippen molar-refractivity contribution in [3.05, 3.63) is 23.8 Å². The van der Waals surface area contributed by atoms with E-state index in [-0.39, 0.29) is 5.60 Å². The van der Waals surface area contributed by atoms with E-state index in [2.05, 4.69) is 18.3 Å². The summed E-state index contributed by atoms with van der Waals surface area (Å²) in [6.07, 6.45) is 1.85. The summed E-state index contributed by atoms with van der Waals surface area (Å²) in [5.74, 6) is 1.18. The quantitative estimate of drug-likeness (QED) is 0.887. The van der Waals surface area contributed by atoms with Crippen molar-refractivity contribution in [2.75, 3.05) is 20.2 Å². The molecule has 0 aromatic heterocycles. The maximum absolute atomic E-state index is 9.15. The highest BCUT2D eigenvalue weighted by Crippen LogP contribution is 2.35. The van der Waals surface area contributed by atoms with Crippen molar-refractivity contribution in [1.82, 2.24) is 5.32 Å². The Hall–Kier alpha value is -1.73. The molecule has 1 aliphatic heterocycles. The van der Waals surface area contributed by atoms with Crippen molar-refractivity contribution in [3.8, 4) is 17.6 Å². The van der Waals surface area contributed by atoms with Crippen LogP contribution in [0.2, 0.25) is 0 Å². The molecule has 0 bridgehead atoms. The third-order valence-corrected chi connectivity index (χ3v) is 3.33. The molecule has 1 aromatic carbocycles. The minimum atomic E-state index is -0.231. The molecule has 0 atom stereocenters. The van der Waals surface area contributed by atoms with E-state index in [9.17, 15) is 0 Å². The molecular weight excluding hydrogens is 228 g/mol. The van der Waals surface area contributed by atoms with E-state index < -0.39 is 0 Å². The van der Waals surface area contributed by atoms with E-state index in [1.165, 1.54) is 0 Å². The van der Waals surface area contributed by atoms with Crippen LogP contribution in [-0.2, 0) is 0 Å². The Bertz CT molecular complexity index is 459. The predicted molar refractivity (Wildman–Crippen MR) is 68.8 cm³/mol. The highest BCUT2D eigenvalue weighted by Gasteiger charge is 2.30. The second kappa shape index (κ2) is 5.28. The summed E-state index contributed by atoms with van der Waals surface area (Å²) in [5, 5.41) is 12.5. The van der Waals surface area contributed by atoms with Gasteiger partial charge in [-0.2, -0.15) is 5.26 Å². The number of rotatable bonds is 3. The highest BCUT2D eigenvalue weighted by atomic mass is 16.5. The molecule has 0 spiro atoms. The molecule has 0 unspecified atom stereocenters. The lowest BCUT2D eigenvalue weighted by atomic mass is 9.94. The minimum absolute atomic E-state index is 0.231. The van der Waals surface area contributed by atoms with E-state index >= 15 is 0 Å². The third-order valence-electron chi connectivity index (χ3n) is 3.33. The summed E-state index contributed by atoms with van der Waals surface area (Å²) in [6, 6.07) is 7.53. The van der Waals surface area contributed by atoms with E-state index in [1.807, 2.05) is 6.07 Å². The Labute approximate surface area is 108 Å². The van der Waals surface area contributed by atoms with Gasteiger partial charge in [0.15, 0.2) is 11.5 Å². The van der Waals surface area contributed by atoms with Crippen molar-refractivity contribution < 1.29 is 9.47 Å². The van der Waals surface area contributed by atoms with Crippen molar-refractivity contribution in [1.29, 1.82) is 5.26 Å². The number of methoxy groups -OCH3 is 1. The van der Waals surface area contributed by atoms with Crippen LogP contribution in [0, 0.1) is 11.3 Å². The molecule has 1 N–H and O–H groups in total. The number of nitrogens with zero attached hydrogens (tertiary/aromatic N) is 1. The van der Waals surface area contributed by atoms with Gasteiger partial charge in [0.1, 0.15) is 11.7 Å². The van der Waals surface area contributed by atoms with Crippen LogP contribution in [0.5, 0.6) is 11.5 Å². The fraction of sp³-hybridized carbons (Fsp3) is 0.500. The Morgan fingerprint density at radius 3 is 2.67 bits per heavy atom. The van der Waals surface area contributed by atoms with Crippen molar-refractivity contribution in [3.63, 3.8) is 0 Å². The molecular formula is C14H18N2O2. The summed E-state index contributed by atoms with van der Waals surface area (Å²) in [5.41, 5.74) is 0.292. The Balaban J connectivity index is 2.30. The Morgan fingerprint density at radius 2 is 2.06 bits per heavy atom. The van der Waals surface area contributed by atoms with Crippen molar-refractivity contribution in [2.45, 2.75) is 25.4 Å². The van der Waals surface area contributed by atoms with Crippen molar-refractivity contribution >= 4 is 0 Å². The molecule has 1 heterocycles. The summed E-state index contributed by atoms with van der Waals surface area (Å²) < 4.78 is 11.4. The number of hydrogen-bond donors (Lipinski definition) is 1. The predicted octanol–water partition coefficient (Wildman–Crippen LogP) is 2.09. The number of para-hydroxylation sites is 1. The molecule has 2 rings (SSSR count). The van der Waals surface area contributed by atoms with Crippen LogP contribution >= 0.6 is 0 Å². The average molecular weight is 246 g/mol. The second-order valence-electron chi connectivity index (χ2n) is 4.75. The number of benzene rings is 1. The lowest BCUT2D eigenvalue weighted by molar-refractivity contribution is 0.0524. The first-order chi connectivity index (χ1) is 8.68. The van der Waals surface area contributed by atoms with Gasteiger partial charge in [0.05, 0.1) is 12.7 Å². The lowest BCUT2D eigenvalue weighted by Crippen LogP contribution is -2.44. The lowest BCUT2D eigenvalue weighted by Gasteiger charge is -2.35. The van der Waals surface area contributed by atoms with Crippen LogP contribution in [0.25, 0.3) is 0 Å². The van der Waals surface area contributed by atoms with Gasteiger partial charge < -0.3 is 14.8 Å². The van der Waals surface area contributed by atoms with Gasteiger partial charge in [-0.05, 0) is 45.0 Å². The van der Waals surface area contributed by atoms with Crippen LogP contribution in [0.4, 0.5) is 0 Å². The summed E-state index contributed by atoms with van der Waals surface area (Å²) in [4.78, 5) is 0. The number of nitrogens with one attached hydrogen (secondary N) is 1. The van der Waals surface area contributed by atoms with Crippen LogP contribution in [0.3, 0.4) is 0 Å². The second-order valence-corrected chi connectivity index (χ2v) is 4.75. The van der Waals surface area contributed by atoms with Gasteiger partial charge >= 0.3 is 0 Å². The minimum Gasteiger partial charge on any atom is -0.493 e. The van der Waals surface area contributed by atoms with E-state index in [4.69, 9.17) is 14.7 Å². The Morgan fingerprint density at radius 1 is 1.33 bits per heavy atom. The maximum atomic E-state index is 9.15. The molecule has 1 saturated heterocycles. The first-order valence-corrected chi connectivity index (χ1v) is 6.15. The summed E-state index contributed by atoms with van der Waals surface area (Å²) in [6.45, 7) is 3.96. The SMILES string of the molecule is COc1cccc(C#N)c1OC1(C)CCNCC1. The van der Waals surface area contributed by atoms with E-state index in [0.717, 1.165) is 25.9 Å². The summed E-state index contributed by atoms with van der Waals surface area (Å²) >= 11 is 0. The highest BCUT2D eigenvalue weighted by molar-refractivity contribution is 5.52. The molecule has 4 nitrogen and oxygen atoms in total. The zero-order valence-electron chi connectivity index (χ0n) is 10.8. The molecule has 4 heteroatoms. The number of nitriles is 1. The van der Waals surface area contributed by atoms with Gasteiger partial charge in [0, 0.05) is 0 Å². The molecule has 1 aromatic rings. The van der Waals surface area contributed by atoms with Crippen LogP contribution in [0.1, 0.15) is 25.3 Å². The fourth-order valence-corrected chi connectivity index (χ4v) is 2.17. The topological polar surface area (TPSA) is 54.3 Å². The first kappa shape index (κ1) is 12.7.